The SMILES string of the molecule is [2H]C([2H])([2H])N1[OH+]N(c2[c-]c(C(c3[c-]c4c(cc3)c3ccccc3n4-c3cc(-c4ccccc4C)ccn3)(c3ccccc3)c3ccccc3)ccc2)c2ccccc21.[Pt]. The van der Waals surface area contributed by atoms with Gasteiger partial charge in [0.1, 0.15) is 17.2 Å². The molecule has 1 N–H and O–H groups in total. The molecular formula is C50H37N4OPt-. The largest absolute Gasteiger partial charge is 0.319 e. The summed E-state index contributed by atoms with van der Waals surface area (Å²) in [6, 6.07) is 67.6. The number of aromatic nitrogens is 2. The van der Waals surface area contributed by atoms with E-state index in [4.69, 9.17) is 9.10 Å². The second-order valence-electron chi connectivity index (χ2n) is 13.8. The molecule has 9 aromatic rings. The van der Waals surface area contributed by atoms with Crippen LogP contribution in [0.15, 0.2) is 182 Å². The Hall–Kier alpha value is -6.26. The van der Waals surface area contributed by atoms with Crippen molar-refractivity contribution >= 4 is 38.9 Å². The maximum Gasteiger partial charge on any atom is 0.145 e. The standard InChI is InChI=1S/C50H36N4O.Pt/c1-35-16-9-10-23-42(35)36-30-31-51-49(32-36)53-45-25-12-11-24-43(45)44-29-28-40(34-48(44)53)50(37-17-5-3-6-18-37,38-19-7-4-8-20-38)39-21-15-22-41(33-39)54-47-27-14-13-26-46(47)52(2)55-54;/h3-32H,1-2H3;/q-2;/p+1/i2D3;. The summed E-state index contributed by atoms with van der Waals surface area (Å²) in [6.45, 7) is -0.341. The topological polar surface area (TPSA) is 37.1 Å². The molecule has 0 unspecified atom stereocenters. The van der Waals surface area contributed by atoms with Gasteiger partial charge >= 0.3 is 0 Å². The van der Waals surface area contributed by atoms with Crippen molar-refractivity contribution in [1.29, 1.82) is 0 Å². The average molecular weight is 908 g/mol. The zero-order valence-corrected chi connectivity index (χ0v) is 32.6. The zero-order chi connectivity index (χ0) is 39.4. The average Bonchev–Trinajstić information content (AvgIpc) is 3.82. The van der Waals surface area contributed by atoms with Crippen LogP contribution in [-0.2, 0) is 26.5 Å². The summed E-state index contributed by atoms with van der Waals surface area (Å²) in [5, 5.41) is 4.94. The van der Waals surface area contributed by atoms with Gasteiger partial charge in [-0.3, -0.25) is 0 Å². The fourth-order valence-electron chi connectivity index (χ4n) is 8.25. The minimum Gasteiger partial charge on any atom is -0.319 e. The number of hydrogen-bond acceptors (Lipinski definition) is 3. The van der Waals surface area contributed by atoms with Gasteiger partial charge in [-0.05, 0) is 70.5 Å². The Balaban J connectivity index is 0.00000449. The summed E-state index contributed by atoms with van der Waals surface area (Å²) >= 11 is 0. The number of hydroxylamine groups is 1. The first-order valence-corrected chi connectivity index (χ1v) is 18.4. The molecule has 5 nitrogen and oxygen atoms in total. The van der Waals surface area contributed by atoms with Crippen molar-refractivity contribution in [2.75, 3.05) is 17.1 Å². The zero-order valence-electron chi connectivity index (χ0n) is 33.4. The molecule has 10 rings (SSSR count). The van der Waals surface area contributed by atoms with E-state index >= 15 is 0 Å². The van der Waals surface area contributed by atoms with E-state index in [1.165, 1.54) is 5.56 Å². The molecule has 6 heteroatoms. The number of hydrogen-bond donors (Lipinski definition) is 0. The summed E-state index contributed by atoms with van der Waals surface area (Å²) in [7, 11) is 0. The van der Waals surface area contributed by atoms with Gasteiger partial charge in [-0.1, -0.05) is 121 Å². The number of benzene rings is 7. The molecule has 0 atom stereocenters. The van der Waals surface area contributed by atoms with E-state index in [0.29, 0.717) is 17.1 Å². The number of fused-ring (bicyclic) bond motifs is 4. The predicted octanol–water partition coefficient (Wildman–Crippen LogP) is 11.6. The minimum atomic E-state index is -2.47. The van der Waals surface area contributed by atoms with E-state index in [9.17, 15) is 0 Å². The first kappa shape index (κ1) is 32.0. The molecule has 0 saturated heterocycles. The van der Waals surface area contributed by atoms with Crippen molar-refractivity contribution in [3.63, 3.8) is 0 Å². The minimum absolute atomic E-state index is 0. The summed E-state index contributed by atoms with van der Waals surface area (Å²) in [4.78, 5) is 9.62. The molecule has 1 aliphatic rings. The Morgan fingerprint density at radius 2 is 1.30 bits per heavy atom. The van der Waals surface area contributed by atoms with Crippen molar-refractivity contribution in [3.05, 3.63) is 222 Å². The van der Waals surface area contributed by atoms with Gasteiger partial charge in [0.05, 0.1) is 11.1 Å². The molecule has 3 heterocycles. The third-order valence-corrected chi connectivity index (χ3v) is 10.8. The fourth-order valence-corrected chi connectivity index (χ4v) is 8.25. The predicted molar refractivity (Wildman–Crippen MR) is 224 cm³/mol. The van der Waals surface area contributed by atoms with Gasteiger partial charge in [-0.25, -0.2) is 4.98 Å². The Bertz CT molecular complexity index is 2930. The Labute approximate surface area is 345 Å². The van der Waals surface area contributed by atoms with Crippen LogP contribution >= 0.6 is 0 Å². The van der Waals surface area contributed by atoms with E-state index in [1.54, 1.807) is 11.1 Å². The van der Waals surface area contributed by atoms with Crippen LogP contribution in [-0.4, -0.2) is 21.5 Å². The van der Waals surface area contributed by atoms with E-state index < -0.39 is 12.4 Å². The number of pyridine rings is 1. The molecular weight excluding hydrogens is 868 g/mol. The first-order chi connectivity index (χ1) is 28.3. The number of nitrogens with zero attached hydrogens (tertiary/aromatic N) is 4. The molecule has 0 fully saturated rings. The third-order valence-electron chi connectivity index (χ3n) is 10.8. The fraction of sp³-hybridized carbons (Fsp3) is 0.0600. The summed E-state index contributed by atoms with van der Waals surface area (Å²) < 4.78 is 27.0. The third kappa shape index (κ3) is 5.66. The van der Waals surface area contributed by atoms with Crippen LogP contribution < -0.4 is 10.1 Å². The monoisotopic (exact) mass is 907 g/mol. The van der Waals surface area contributed by atoms with Crippen molar-refractivity contribution in [1.82, 2.24) is 9.55 Å². The maximum absolute atomic E-state index is 8.26. The molecule has 0 spiro atoms. The van der Waals surface area contributed by atoms with Crippen LogP contribution in [0, 0.1) is 19.1 Å². The molecule has 0 bridgehead atoms. The van der Waals surface area contributed by atoms with Gasteiger partial charge in [-0.2, -0.15) is 35.3 Å². The van der Waals surface area contributed by atoms with Crippen LogP contribution in [0.25, 0.3) is 38.8 Å². The molecule has 0 aliphatic carbocycles. The smallest absolute Gasteiger partial charge is 0.145 e. The summed E-state index contributed by atoms with van der Waals surface area (Å²) in [5.74, 6) is 0.798. The van der Waals surface area contributed by atoms with E-state index in [-0.39, 0.29) is 21.1 Å². The van der Waals surface area contributed by atoms with Gasteiger partial charge in [0.15, 0.2) is 0 Å². The molecule has 0 saturated carbocycles. The van der Waals surface area contributed by atoms with Crippen LogP contribution in [0.5, 0.6) is 0 Å². The number of aryl methyl sites for hydroxylation is 1. The normalized spacial score (nSPS) is 13.6. The van der Waals surface area contributed by atoms with Crippen molar-refractivity contribution in [3.8, 4) is 16.9 Å². The first-order valence-electron chi connectivity index (χ1n) is 19.9. The van der Waals surface area contributed by atoms with E-state index in [1.807, 2.05) is 48.7 Å². The van der Waals surface area contributed by atoms with E-state index in [0.717, 1.165) is 66.1 Å². The van der Waals surface area contributed by atoms with Crippen molar-refractivity contribution in [2.45, 2.75) is 12.3 Å². The number of rotatable bonds is 7. The summed E-state index contributed by atoms with van der Waals surface area (Å²) in [5.41, 5.74) is 10.0. The number of anilines is 3. The van der Waals surface area contributed by atoms with Crippen LogP contribution in [0.1, 0.15) is 31.9 Å². The van der Waals surface area contributed by atoms with Crippen molar-refractivity contribution < 1.29 is 30.1 Å². The molecule has 0 amide bonds. The maximum atomic E-state index is 8.26. The molecule has 56 heavy (non-hydrogen) atoms. The van der Waals surface area contributed by atoms with Gasteiger partial charge < -0.3 is 4.57 Å². The van der Waals surface area contributed by atoms with Crippen LogP contribution in [0.2, 0.25) is 0 Å². The van der Waals surface area contributed by atoms with Gasteiger partial charge in [-0.15, -0.1) is 38.8 Å². The second kappa shape index (κ2) is 14.4. The quantitative estimate of drug-likeness (QED) is 0.0908. The molecule has 274 valence electrons. The summed E-state index contributed by atoms with van der Waals surface area (Å²) in [6.07, 6.45) is 1.88. The van der Waals surface area contributed by atoms with Gasteiger partial charge in [0, 0.05) is 43.9 Å². The Morgan fingerprint density at radius 1 is 0.625 bits per heavy atom. The van der Waals surface area contributed by atoms with Crippen LogP contribution in [0.4, 0.5) is 17.1 Å². The molecule has 1 aliphatic heterocycles. The van der Waals surface area contributed by atoms with Gasteiger partial charge in [0.2, 0.25) is 0 Å². The molecule has 7 aromatic carbocycles. The van der Waals surface area contributed by atoms with Crippen LogP contribution in [0.3, 0.4) is 0 Å². The molecule has 0 radical (unpaired) electrons. The number of para-hydroxylation sites is 3. The Morgan fingerprint density at radius 3 is 2.07 bits per heavy atom. The molecule has 2 aromatic heterocycles. The van der Waals surface area contributed by atoms with Crippen molar-refractivity contribution in [2.24, 2.45) is 0 Å². The van der Waals surface area contributed by atoms with Gasteiger partial charge in [0.25, 0.3) is 0 Å². The second-order valence-corrected chi connectivity index (χ2v) is 13.8. The Kier molecular flexibility index (Phi) is 8.25. The van der Waals surface area contributed by atoms with E-state index in [2.05, 4.69) is 156 Å².